The predicted molar refractivity (Wildman–Crippen MR) is 29.0 cm³/mol. The maximum absolute atomic E-state index is 9.93. The number of rotatable bonds is 3. The molecule has 0 atom stereocenters. The van der Waals surface area contributed by atoms with Gasteiger partial charge in [-0.05, 0) is 6.08 Å². The Morgan fingerprint density at radius 3 is 2.62 bits per heavy atom. The molecule has 0 radical (unpaired) electrons. The van der Waals surface area contributed by atoms with E-state index in [-0.39, 0.29) is 6.42 Å². The first-order valence-corrected chi connectivity index (χ1v) is 2.16. The Morgan fingerprint density at radius 2 is 2.25 bits per heavy atom. The van der Waals surface area contributed by atoms with Gasteiger partial charge in [0.15, 0.2) is 0 Å². The highest BCUT2D eigenvalue weighted by Crippen LogP contribution is 1.76. The Hall–Kier alpha value is -1.12. The van der Waals surface area contributed by atoms with Crippen molar-refractivity contribution in [3.8, 4) is 0 Å². The number of aldehydes is 1. The highest BCUT2D eigenvalue weighted by molar-refractivity contribution is 5.76. The van der Waals surface area contributed by atoms with Crippen molar-refractivity contribution in [2.75, 3.05) is 0 Å². The van der Waals surface area contributed by atoms with Crippen LogP contribution in [0, 0.1) is 0 Å². The van der Waals surface area contributed by atoms with E-state index in [9.17, 15) is 9.59 Å². The lowest BCUT2D eigenvalue weighted by molar-refractivity contribution is -0.117. The van der Waals surface area contributed by atoms with Crippen LogP contribution in [-0.2, 0) is 9.59 Å². The molecule has 0 fully saturated rings. The second-order valence-electron chi connectivity index (χ2n) is 1.23. The van der Waals surface area contributed by atoms with Crippen molar-refractivity contribution in [3.63, 3.8) is 0 Å². The van der Waals surface area contributed by atoms with Gasteiger partial charge < -0.3 is 5.73 Å². The smallest absolute Gasteiger partial charge is 0.221 e. The summed E-state index contributed by atoms with van der Waals surface area (Å²) in [5.41, 5.74) is 4.73. The zero-order valence-electron chi connectivity index (χ0n) is 4.33. The Labute approximate surface area is 47.2 Å². The molecular formula is C5H7NO2. The molecule has 0 saturated heterocycles. The fraction of sp³-hybridized carbons (Fsp3) is 0.200. The Kier molecular flexibility index (Phi) is 3.48. The van der Waals surface area contributed by atoms with Gasteiger partial charge in [0.05, 0.1) is 0 Å². The van der Waals surface area contributed by atoms with E-state index >= 15 is 0 Å². The van der Waals surface area contributed by atoms with Crippen LogP contribution < -0.4 is 5.73 Å². The van der Waals surface area contributed by atoms with Crippen LogP contribution in [0.25, 0.3) is 0 Å². The normalized spacial score (nSPS) is 9.50. The van der Waals surface area contributed by atoms with E-state index in [1.54, 1.807) is 0 Å². The van der Waals surface area contributed by atoms with Gasteiger partial charge in [-0.25, -0.2) is 0 Å². The van der Waals surface area contributed by atoms with E-state index in [1.807, 2.05) is 0 Å². The summed E-state index contributed by atoms with van der Waals surface area (Å²) in [7, 11) is 0. The van der Waals surface area contributed by atoms with Crippen LogP contribution in [0.5, 0.6) is 0 Å². The van der Waals surface area contributed by atoms with Gasteiger partial charge in [-0.3, -0.25) is 9.59 Å². The molecule has 1 amide bonds. The quantitative estimate of drug-likeness (QED) is 0.400. The van der Waals surface area contributed by atoms with Crippen LogP contribution in [-0.4, -0.2) is 12.2 Å². The van der Waals surface area contributed by atoms with E-state index in [1.165, 1.54) is 12.2 Å². The van der Waals surface area contributed by atoms with Crippen LogP contribution in [0.3, 0.4) is 0 Å². The van der Waals surface area contributed by atoms with Crippen molar-refractivity contribution in [3.05, 3.63) is 12.2 Å². The molecule has 0 rings (SSSR count). The summed E-state index contributed by atoms with van der Waals surface area (Å²) < 4.78 is 0. The average Bonchev–Trinajstić information content (AvgIpc) is 1.66. The maximum atomic E-state index is 9.93. The first-order valence-electron chi connectivity index (χ1n) is 2.16. The van der Waals surface area contributed by atoms with Crippen molar-refractivity contribution < 1.29 is 9.59 Å². The van der Waals surface area contributed by atoms with Crippen molar-refractivity contribution in [2.45, 2.75) is 6.42 Å². The third kappa shape index (κ3) is 4.88. The average molecular weight is 113 g/mol. The summed E-state index contributed by atoms with van der Waals surface area (Å²) in [5.74, 6) is -0.428. The number of amides is 1. The fourth-order valence-electron chi connectivity index (χ4n) is 0.240. The third-order valence-electron chi connectivity index (χ3n) is 0.534. The zero-order valence-corrected chi connectivity index (χ0v) is 4.33. The van der Waals surface area contributed by atoms with E-state index in [0.717, 1.165) is 0 Å². The monoisotopic (exact) mass is 113 g/mol. The van der Waals surface area contributed by atoms with Gasteiger partial charge in [0.25, 0.3) is 0 Å². The van der Waals surface area contributed by atoms with Crippen LogP contribution >= 0.6 is 0 Å². The lowest BCUT2D eigenvalue weighted by Gasteiger charge is -1.78. The van der Waals surface area contributed by atoms with Gasteiger partial charge in [-0.2, -0.15) is 0 Å². The molecule has 0 aliphatic rings. The number of hydrogen-bond acceptors (Lipinski definition) is 2. The molecule has 0 aliphatic heterocycles. The van der Waals surface area contributed by atoms with Gasteiger partial charge in [0.1, 0.15) is 6.29 Å². The molecule has 0 aromatic carbocycles. The van der Waals surface area contributed by atoms with E-state index in [0.29, 0.717) is 6.29 Å². The molecule has 0 saturated carbocycles. The van der Waals surface area contributed by atoms with Gasteiger partial charge in [0.2, 0.25) is 5.91 Å². The molecule has 2 N–H and O–H groups in total. The minimum absolute atomic E-state index is 0.138. The second kappa shape index (κ2) is 4.05. The van der Waals surface area contributed by atoms with Crippen molar-refractivity contribution >= 4 is 12.2 Å². The second-order valence-corrected chi connectivity index (χ2v) is 1.23. The largest absolute Gasteiger partial charge is 0.369 e. The molecule has 0 heterocycles. The van der Waals surface area contributed by atoms with Crippen LogP contribution in [0.1, 0.15) is 6.42 Å². The molecular weight excluding hydrogens is 106 g/mol. The van der Waals surface area contributed by atoms with E-state index in [2.05, 4.69) is 0 Å². The van der Waals surface area contributed by atoms with Crippen molar-refractivity contribution in [1.82, 2.24) is 0 Å². The number of carbonyl (C=O) groups is 2. The van der Waals surface area contributed by atoms with Gasteiger partial charge in [-0.1, -0.05) is 6.08 Å². The van der Waals surface area contributed by atoms with Gasteiger partial charge >= 0.3 is 0 Å². The fourth-order valence-corrected chi connectivity index (χ4v) is 0.240. The summed E-state index contributed by atoms with van der Waals surface area (Å²) in [5, 5.41) is 0. The minimum atomic E-state index is -0.428. The van der Waals surface area contributed by atoms with Crippen LogP contribution in [0.4, 0.5) is 0 Å². The van der Waals surface area contributed by atoms with Gasteiger partial charge in [0, 0.05) is 6.42 Å². The number of primary amides is 1. The summed E-state index contributed by atoms with van der Waals surface area (Å²) >= 11 is 0. The Morgan fingerprint density at radius 1 is 1.62 bits per heavy atom. The third-order valence-corrected chi connectivity index (χ3v) is 0.534. The first kappa shape index (κ1) is 6.88. The highest BCUT2D eigenvalue weighted by atomic mass is 16.1. The Balaban J connectivity index is 3.29. The summed E-state index contributed by atoms with van der Waals surface area (Å²) in [4.78, 5) is 19.5. The number of nitrogens with two attached hydrogens (primary N) is 1. The molecule has 0 aromatic rings. The molecule has 0 aromatic heterocycles. The molecule has 3 heteroatoms. The van der Waals surface area contributed by atoms with Crippen molar-refractivity contribution in [1.29, 1.82) is 0 Å². The molecule has 0 unspecified atom stereocenters. The summed E-state index contributed by atoms with van der Waals surface area (Å²) in [6, 6.07) is 0. The van der Waals surface area contributed by atoms with Crippen molar-refractivity contribution in [2.24, 2.45) is 5.73 Å². The molecule has 0 bridgehead atoms. The zero-order chi connectivity index (χ0) is 6.41. The summed E-state index contributed by atoms with van der Waals surface area (Å²) in [6.07, 6.45) is 3.39. The predicted octanol–water partition coefficient (Wildman–Crippen LogP) is -0.383. The topological polar surface area (TPSA) is 60.2 Å². The number of allylic oxidation sites excluding steroid dienone is 1. The standard InChI is InChI=1S/C5H7NO2/c6-5(8)3-1-2-4-7/h1-2,4H,3H2,(H2,6,8)/b2-1+. The molecule has 44 valence electrons. The maximum Gasteiger partial charge on any atom is 0.221 e. The minimum Gasteiger partial charge on any atom is -0.369 e. The highest BCUT2D eigenvalue weighted by Gasteiger charge is 1.83. The Bertz CT molecular complexity index is 118. The molecule has 0 aliphatic carbocycles. The molecule has 8 heavy (non-hydrogen) atoms. The SMILES string of the molecule is NC(=O)C/C=C/C=O. The first-order chi connectivity index (χ1) is 3.77. The van der Waals surface area contributed by atoms with Gasteiger partial charge in [-0.15, -0.1) is 0 Å². The number of carbonyl (C=O) groups excluding carboxylic acids is 2. The van der Waals surface area contributed by atoms with Crippen LogP contribution in [0.15, 0.2) is 12.2 Å². The summed E-state index contributed by atoms with van der Waals surface area (Å²) in [6.45, 7) is 0. The lowest BCUT2D eigenvalue weighted by Crippen LogP contribution is -2.07. The molecule has 3 nitrogen and oxygen atoms in total. The van der Waals surface area contributed by atoms with E-state index in [4.69, 9.17) is 5.73 Å². The lowest BCUT2D eigenvalue weighted by atomic mass is 10.4. The van der Waals surface area contributed by atoms with Crippen LogP contribution in [0.2, 0.25) is 0 Å². The molecule has 0 spiro atoms. The number of hydrogen-bond donors (Lipinski definition) is 1. The van der Waals surface area contributed by atoms with E-state index < -0.39 is 5.91 Å².